The minimum absolute atomic E-state index is 0.0370. The Hall–Kier alpha value is -1.36. The molecule has 0 aromatic carbocycles. The Balaban J connectivity index is 1.96. The van der Waals surface area contributed by atoms with Gasteiger partial charge in [-0.25, -0.2) is 0 Å². The summed E-state index contributed by atoms with van der Waals surface area (Å²) in [5.41, 5.74) is 6.36. The third-order valence-electron chi connectivity index (χ3n) is 2.99. The second kappa shape index (κ2) is 3.66. The van der Waals surface area contributed by atoms with Crippen molar-refractivity contribution in [3.8, 4) is 0 Å². The molecule has 0 spiro atoms. The average Bonchev–Trinajstić information content (AvgIpc) is 2.65. The third-order valence-corrected chi connectivity index (χ3v) is 2.99. The number of rotatable bonds is 3. The van der Waals surface area contributed by atoms with E-state index in [-0.39, 0.29) is 5.91 Å². The fraction of sp³-hybridized carbons (Fsp3) is 0.600. The largest absolute Gasteiger partial charge is 0.340 e. The first kappa shape index (κ1) is 10.2. The lowest BCUT2D eigenvalue weighted by molar-refractivity contribution is -0.139. The summed E-state index contributed by atoms with van der Waals surface area (Å²) in [6.07, 6.45) is 6.17. The van der Waals surface area contributed by atoms with Crippen LogP contribution in [0.2, 0.25) is 0 Å². The molecular formula is C10H16N4O. The van der Waals surface area contributed by atoms with Crippen molar-refractivity contribution in [2.24, 2.45) is 5.73 Å². The van der Waals surface area contributed by atoms with Gasteiger partial charge in [0.1, 0.15) is 0 Å². The van der Waals surface area contributed by atoms with Crippen molar-refractivity contribution in [2.75, 3.05) is 7.05 Å². The van der Waals surface area contributed by atoms with Gasteiger partial charge >= 0.3 is 0 Å². The number of likely N-dealkylation sites (N-methyl/N-ethyl adjacent to an activating group) is 1. The Bertz CT molecular complexity index is 342. The summed E-state index contributed by atoms with van der Waals surface area (Å²) in [6, 6.07) is 0. The lowest BCUT2D eigenvalue weighted by Gasteiger charge is -2.39. The van der Waals surface area contributed by atoms with Crippen molar-refractivity contribution in [2.45, 2.75) is 31.3 Å². The monoisotopic (exact) mass is 208 g/mol. The van der Waals surface area contributed by atoms with Gasteiger partial charge in [-0.15, -0.1) is 0 Å². The molecule has 3 N–H and O–H groups in total. The summed E-state index contributed by atoms with van der Waals surface area (Å²) in [5.74, 6) is 0.0370. The number of aromatic nitrogens is 2. The Labute approximate surface area is 88.6 Å². The molecule has 0 unspecified atom stereocenters. The maximum atomic E-state index is 11.9. The van der Waals surface area contributed by atoms with Gasteiger partial charge < -0.3 is 10.6 Å². The number of carbonyl (C=O) groups is 1. The highest BCUT2D eigenvalue weighted by atomic mass is 16.2. The smallest absolute Gasteiger partial charge is 0.242 e. The molecule has 0 atom stereocenters. The van der Waals surface area contributed by atoms with E-state index in [4.69, 9.17) is 5.73 Å². The zero-order chi connectivity index (χ0) is 10.9. The fourth-order valence-corrected chi connectivity index (χ4v) is 1.86. The molecule has 0 bridgehead atoms. The number of nitrogens with two attached hydrogens (primary N) is 1. The van der Waals surface area contributed by atoms with Crippen molar-refractivity contribution in [1.82, 2.24) is 15.1 Å². The first-order valence-electron chi connectivity index (χ1n) is 5.14. The molecule has 5 heteroatoms. The highest BCUT2D eigenvalue weighted by molar-refractivity contribution is 5.86. The second-order valence-corrected chi connectivity index (χ2v) is 4.28. The van der Waals surface area contributed by atoms with Crippen LogP contribution in [0.1, 0.15) is 24.8 Å². The Morgan fingerprint density at radius 3 is 2.93 bits per heavy atom. The molecule has 15 heavy (non-hydrogen) atoms. The van der Waals surface area contributed by atoms with Crippen LogP contribution >= 0.6 is 0 Å². The topological polar surface area (TPSA) is 75.0 Å². The number of nitrogens with one attached hydrogen (secondary N) is 1. The van der Waals surface area contributed by atoms with Crippen LogP contribution in [0.15, 0.2) is 12.4 Å². The number of hydrogen-bond acceptors (Lipinski definition) is 3. The van der Waals surface area contributed by atoms with Crippen LogP contribution in [0.3, 0.4) is 0 Å². The van der Waals surface area contributed by atoms with Crippen molar-refractivity contribution in [3.63, 3.8) is 0 Å². The second-order valence-electron chi connectivity index (χ2n) is 4.28. The van der Waals surface area contributed by atoms with E-state index < -0.39 is 5.54 Å². The standard InChI is InChI=1S/C10H16N4O/c1-14(7-8-5-12-13-6-8)9(15)10(11)3-2-4-10/h5-6H,2-4,7,11H2,1H3,(H,12,13). The number of nitrogens with zero attached hydrogens (tertiary/aromatic N) is 2. The maximum Gasteiger partial charge on any atom is 0.242 e. The highest BCUT2D eigenvalue weighted by Crippen LogP contribution is 2.30. The van der Waals surface area contributed by atoms with Crippen LogP contribution in [-0.2, 0) is 11.3 Å². The minimum Gasteiger partial charge on any atom is -0.340 e. The van der Waals surface area contributed by atoms with Crippen molar-refractivity contribution in [3.05, 3.63) is 18.0 Å². The normalized spacial score (nSPS) is 18.3. The summed E-state index contributed by atoms with van der Waals surface area (Å²) in [6.45, 7) is 0.564. The maximum absolute atomic E-state index is 11.9. The molecule has 1 aliphatic rings. The average molecular weight is 208 g/mol. The molecule has 1 aromatic heterocycles. The zero-order valence-corrected chi connectivity index (χ0v) is 8.86. The Kier molecular flexibility index (Phi) is 2.48. The van der Waals surface area contributed by atoms with E-state index in [0.717, 1.165) is 24.8 Å². The summed E-state index contributed by atoms with van der Waals surface area (Å²) in [7, 11) is 1.78. The van der Waals surface area contributed by atoms with Gasteiger partial charge in [-0.05, 0) is 19.3 Å². The fourth-order valence-electron chi connectivity index (χ4n) is 1.86. The predicted octanol–water partition coefficient (Wildman–Crippen LogP) is 0.249. The molecule has 1 heterocycles. The number of amides is 1. The van der Waals surface area contributed by atoms with Gasteiger partial charge in [0.2, 0.25) is 5.91 Å². The molecule has 1 amide bonds. The van der Waals surface area contributed by atoms with Crippen molar-refractivity contribution in [1.29, 1.82) is 0 Å². The molecule has 82 valence electrons. The van der Waals surface area contributed by atoms with Gasteiger partial charge in [-0.2, -0.15) is 5.10 Å². The summed E-state index contributed by atoms with van der Waals surface area (Å²) in [5, 5.41) is 6.56. The van der Waals surface area contributed by atoms with E-state index in [9.17, 15) is 4.79 Å². The Morgan fingerprint density at radius 2 is 2.47 bits per heavy atom. The summed E-state index contributed by atoms with van der Waals surface area (Å²) >= 11 is 0. The minimum atomic E-state index is -0.599. The van der Waals surface area contributed by atoms with Crippen LogP contribution in [0, 0.1) is 0 Å². The zero-order valence-electron chi connectivity index (χ0n) is 8.86. The van der Waals surface area contributed by atoms with Gasteiger partial charge in [0.05, 0.1) is 11.7 Å². The first-order chi connectivity index (χ1) is 7.12. The number of hydrogen-bond donors (Lipinski definition) is 2. The van der Waals surface area contributed by atoms with Crippen LogP contribution in [0.25, 0.3) is 0 Å². The van der Waals surface area contributed by atoms with Gasteiger partial charge in [0.25, 0.3) is 0 Å². The lowest BCUT2D eigenvalue weighted by atomic mass is 9.76. The molecule has 1 aromatic rings. The number of H-pyrrole nitrogens is 1. The van der Waals surface area contributed by atoms with E-state index in [0.29, 0.717) is 6.54 Å². The van der Waals surface area contributed by atoms with Crippen molar-refractivity contribution >= 4 is 5.91 Å². The van der Waals surface area contributed by atoms with Gasteiger partial charge in [0, 0.05) is 25.4 Å². The van der Waals surface area contributed by atoms with Crippen LogP contribution < -0.4 is 5.73 Å². The molecule has 1 aliphatic carbocycles. The van der Waals surface area contributed by atoms with Gasteiger partial charge in [0.15, 0.2) is 0 Å². The van der Waals surface area contributed by atoms with E-state index in [1.807, 2.05) is 0 Å². The van der Waals surface area contributed by atoms with E-state index >= 15 is 0 Å². The predicted molar refractivity (Wildman–Crippen MR) is 55.8 cm³/mol. The quantitative estimate of drug-likeness (QED) is 0.747. The molecule has 0 aliphatic heterocycles. The SMILES string of the molecule is CN(Cc1cn[nH]c1)C(=O)C1(N)CCC1. The van der Waals surface area contributed by atoms with Crippen molar-refractivity contribution < 1.29 is 4.79 Å². The molecule has 0 saturated heterocycles. The molecule has 1 fully saturated rings. The van der Waals surface area contributed by atoms with E-state index in [2.05, 4.69) is 10.2 Å². The molecule has 0 radical (unpaired) electrons. The number of aromatic amines is 1. The van der Waals surface area contributed by atoms with E-state index in [1.165, 1.54) is 0 Å². The van der Waals surface area contributed by atoms with Gasteiger partial charge in [-0.1, -0.05) is 0 Å². The molecule has 2 rings (SSSR count). The highest BCUT2D eigenvalue weighted by Gasteiger charge is 2.41. The summed E-state index contributed by atoms with van der Waals surface area (Å²) in [4.78, 5) is 13.6. The lowest BCUT2D eigenvalue weighted by Crippen LogP contribution is -2.58. The van der Waals surface area contributed by atoms with E-state index in [1.54, 1.807) is 24.3 Å². The first-order valence-corrected chi connectivity index (χ1v) is 5.14. The van der Waals surface area contributed by atoms with Crippen LogP contribution in [0.4, 0.5) is 0 Å². The molecule has 1 saturated carbocycles. The van der Waals surface area contributed by atoms with Crippen LogP contribution in [0.5, 0.6) is 0 Å². The summed E-state index contributed by atoms with van der Waals surface area (Å²) < 4.78 is 0. The van der Waals surface area contributed by atoms with Crippen LogP contribution in [-0.4, -0.2) is 33.6 Å². The van der Waals surface area contributed by atoms with Gasteiger partial charge in [-0.3, -0.25) is 9.89 Å². The third kappa shape index (κ3) is 1.87. The Morgan fingerprint density at radius 1 is 1.73 bits per heavy atom. The molecule has 5 nitrogen and oxygen atoms in total. The number of carbonyl (C=O) groups excluding carboxylic acids is 1. The molecular weight excluding hydrogens is 192 g/mol.